The van der Waals surface area contributed by atoms with Gasteiger partial charge in [-0.3, -0.25) is 0 Å². The second kappa shape index (κ2) is 4.24. The van der Waals surface area contributed by atoms with Crippen molar-refractivity contribution in [1.82, 2.24) is 0 Å². The number of hydrogen-bond acceptors (Lipinski definition) is 1. The maximum Gasteiger partial charge on any atom is 0.122 e. The van der Waals surface area contributed by atoms with E-state index >= 15 is 0 Å². The topological polar surface area (TPSA) is 20.2 Å². The molecule has 0 saturated carbocycles. The van der Waals surface area contributed by atoms with Crippen LogP contribution in [0.1, 0.15) is 31.9 Å². The summed E-state index contributed by atoms with van der Waals surface area (Å²) >= 11 is 0. The van der Waals surface area contributed by atoms with Gasteiger partial charge >= 0.3 is 0 Å². The van der Waals surface area contributed by atoms with E-state index in [9.17, 15) is 5.11 Å². The van der Waals surface area contributed by atoms with Crippen LogP contribution in [0.4, 0.5) is 0 Å². The van der Waals surface area contributed by atoms with Crippen molar-refractivity contribution in [3.63, 3.8) is 0 Å². The fourth-order valence-electron chi connectivity index (χ4n) is 1.26. The molecule has 2 heteroatoms. The van der Waals surface area contributed by atoms with Crippen molar-refractivity contribution >= 4 is 0 Å². The number of benzene rings is 1. The van der Waals surface area contributed by atoms with Gasteiger partial charge in [0, 0.05) is 19.5 Å². The van der Waals surface area contributed by atoms with Crippen molar-refractivity contribution in [2.75, 3.05) is 0 Å². The van der Waals surface area contributed by atoms with E-state index in [0.717, 1.165) is 11.1 Å². The minimum Gasteiger partial charge on any atom is -0.507 e. The van der Waals surface area contributed by atoms with Crippen LogP contribution in [-0.2, 0) is 24.9 Å². The molecule has 0 fully saturated rings. The van der Waals surface area contributed by atoms with E-state index < -0.39 is 0 Å². The van der Waals surface area contributed by atoms with E-state index in [0.29, 0.717) is 5.75 Å². The first-order valence-corrected chi connectivity index (χ1v) is 4.22. The molecule has 1 rings (SSSR count). The van der Waals surface area contributed by atoms with Crippen molar-refractivity contribution in [2.24, 2.45) is 0 Å². The van der Waals surface area contributed by atoms with Crippen LogP contribution in [0.25, 0.3) is 0 Å². The number of para-hydroxylation sites is 1. The molecule has 1 aromatic carbocycles. The second-order valence-electron chi connectivity index (χ2n) is 4.22. The molecule has 0 heterocycles. The Morgan fingerprint density at radius 2 is 1.69 bits per heavy atom. The van der Waals surface area contributed by atoms with E-state index in [1.54, 1.807) is 0 Å². The molecule has 13 heavy (non-hydrogen) atoms. The number of phenolic OH excluding ortho intramolecular Hbond substituents is 1. The average molecular weight is 230 g/mol. The molecule has 0 spiro atoms. The zero-order chi connectivity index (χ0) is 9.35. The van der Waals surface area contributed by atoms with E-state index in [1.165, 1.54) is 0 Å². The molecule has 0 radical (unpaired) electrons. The normalized spacial score (nSPS) is 10.8. The van der Waals surface area contributed by atoms with Gasteiger partial charge in [-0.15, -0.1) is 0 Å². The van der Waals surface area contributed by atoms with Crippen LogP contribution < -0.4 is 0 Å². The van der Waals surface area contributed by atoms with Crippen LogP contribution in [0.3, 0.4) is 0 Å². The third-order valence-corrected chi connectivity index (χ3v) is 2.05. The van der Waals surface area contributed by atoms with Crippen LogP contribution in [0.5, 0.6) is 5.75 Å². The summed E-state index contributed by atoms with van der Waals surface area (Å²) in [5.41, 5.74) is 1.99. The SMILES string of the molecule is Cc1cccc(C(C)(C)C)c1O.[Zn]. The van der Waals surface area contributed by atoms with Crippen molar-refractivity contribution in [1.29, 1.82) is 0 Å². The van der Waals surface area contributed by atoms with Gasteiger partial charge in [0.05, 0.1) is 0 Å². The Morgan fingerprint density at radius 3 is 2.08 bits per heavy atom. The van der Waals surface area contributed by atoms with Gasteiger partial charge in [-0.1, -0.05) is 39.0 Å². The summed E-state index contributed by atoms with van der Waals surface area (Å²) in [6, 6.07) is 5.88. The average Bonchev–Trinajstić information content (AvgIpc) is 1.92. The largest absolute Gasteiger partial charge is 0.507 e. The summed E-state index contributed by atoms with van der Waals surface area (Å²) < 4.78 is 0. The van der Waals surface area contributed by atoms with Crippen LogP contribution in [0.15, 0.2) is 18.2 Å². The molecular weight excluding hydrogens is 214 g/mol. The zero-order valence-corrected chi connectivity index (χ0v) is 11.9. The number of hydrogen-bond donors (Lipinski definition) is 1. The Morgan fingerprint density at radius 1 is 1.15 bits per heavy atom. The van der Waals surface area contributed by atoms with Crippen molar-refractivity contribution in [3.05, 3.63) is 29.3 Å². The van der Waals surface area contributed by atoms with Gasteiger partial charge in [-0.05, 0) is 23.5 Å². The molecule has 0 aromatic heterocycles. The van der Waals surface area contributed by atoms with Crippen LogP contribution in [-0.4, -0.2) is 5.11 Å². The van der Waals surface area contributed by atoms with Gasteiger partial charge < -0.3 is 5.11 Å². The monoisotopic (exact) mass is 228 g/mol. The summed E-state index contributed by atoms with van der Waals surface area (Å²) in [5.74, 6) is 0.435. The molecule has 0 bridgehead atoms. The Bertz CT molecular complexity index is 287. The van der Waals surface area contributed by atoms with Crippen molar-refractivity contribution in [3.8, 4) is 5.75 Å². The molecule has 1 nitrogen and oxygen atoms in total. The van der Waals surface area contributed by atoms with Gasteiger partial charge in [0.25, 0.3) is 0 Å². The maximum absolute atomic E-state index is 9.73. The van der Waals surface area contributed by atoms with Crippen molar-refractivity contribution in [2.45, 2.75) is 33.1 Å². The molecule has 0 saturated heterocycles. The molecule has 0 aliphatic rings. The van der Waals surface area contributed by atoms with Gasteiger partial charge in [0.1, 0.15) is 5.75 Å². The van der Waals surface area contributed by atoms with E-state index in [4.69, 9.17) is 0 Å². The summed E-state index contributed by atoms with van der Waals surface area (Å²) in [7, 11) is 0. The smallest absolute Gasteiger partial charge is 0.122 e. The standard InChI is InChI=1S/C11H16O.Zn/c1-8-6-5-7-9(10(8)12)11(2,3)4;/h5-7,12H,1-4H3;. The first-order valence-electron chi connectivity index (χ1n) is 4.22. The first-order chi connectivity index (χ1) is 5.43. The molecule has 1 N–H and O–H groups in total. The van der Waals surface area contributed by atoms with Crippen LogP contribution in [0.2, 0.25) is 0 Å². The second-order valence-corrected chi connectivity index (χ2v) is 4.22. The molecule has 1 aromatic rings. The summed E-state index contributed by atoms with van der Waals surface area (Å²) in [4.78, 5) is 0. The summed E-state index contributed by atoms with van der Waals surface area (Å²) in [6.07, 6.45) is 0. The minimum atomic E-state index is 0. The Labute approximate surface area is 92.9 Å². The van der Waals surface area contributed by atoms with Gasteiger partial charge in [0.15, 0.2) is 0 Å². The number of phenols is 1. The Balaban J connectivity index is 0.00000144. The molecule has 0 aliphatic heterocycles. The number of aryl methyl sites for hydroxylation is 1. The first kappa shape index (κ1) is 12.6. The predicted molar refractivity (Wildman–Crippen MR) is 51.5 cm³/mol. The predicted octanol–water partition coefficient (Wildman–Crippen LogP) is 3.00. The Kier molecular flexibility index (Phi) is 4.12. The summed E-state index contributed by atoms with van der Waals surface area (Å²) in [5, 5.41) is 9.73. The van der Waals surface area contributed by atoms with Crippen molar-refractivity contribution < 1.29 is 24.6 Å². The van der Waals surface area contributed by atoms with E-state index in [2.05, 4.69) is 20.8 Å². The third kappa shape index (κ3) is 2.81. The molecule has 0 amide bonds. The van der Waals surface area contributed by atoms with Crippen LogP contribution in [0, 0.1) is 6.92 Å². The fourth-order valence-corrected chi connectivity index (χ4v) is 1.26. The van der Waals surface area contributed by atoms with Gasteiger partial charge in [-0.25, -0.2) is 0 Å². The number of aromatic hydroxyl groups is 1. The van der Waals surface area contributed by atoms with Gasteiger partial charge in [-0.2, -0.15) is 0 Å². The van der Waals surface area contributed by atoms with Crippen LogP contribution >= 0.6 is 0 Å². The Hall–Kier alpha value is -0.357. The molecule has 0 aliphatic carbocycles. The molecule has 0 unspecified atom stereocenters. The number of rotatable bonds is 0. The van der Waals surface area contributed by atoms with Gasteiger partial charge in [0.2, 0.25) is 0 Å². The quantitative estimate of drug-likeness (QED) is 0.678. The fraction of sp³-hybridized carbons (Fsp3) is 0.455. The minimum absolute atomic E-state index is 0. The third-order valence-electron chi connectivity index (χ3n) is 2.05. The summed E-state index contributed by atoms with van der Waals surface area (Å²) in [6.45, 7) is 8.22. The maximum atomic E-state index is 9.73. The molecule has 68 valence electrons. The molecule has 0 atom stereocenters. The van der Waals surface area contributed by atoms with E-state index in [1.807, 2.05) is 25.1 Å². The molecular formula is C11H16OZn. The zero-order valence-electron chi connectivity index (χ0n) is 8.89. The van der Waals surface area contributed by atoms with E-state index in [-0.39, 0.29) is 24.9 Å².